The molecule has 0 atom stereocenters. The highest BCUT2D eigenvalue weighted by Gasteiger charge is 2.34. The van der Waals surface area contributed by atoms with Gasteiger partial charge in [-0.3, -0.25) is 4.79 Å². The van der Waals surface area contributed by atoms with Gasteiger partial charge in [0.1, 0.15) is 11.6 Å². The van der Waals surface area contributed by atoms with Crippen LogP contribution in [0.15, 0.2) is 28.5 Å². The molecule has 0 amide bonds. The predicted octanol–water partition coefficient (Wildman–Crippen LogP) is 1.32. The number of tetrazole rings is 1. The van der Waals surface area contributed by atoms with Gasteiger partial charge in [-0.05, 0) is 34.3 Å². The Morgan fingerprint density at radius 2 is 2.20 bits per heavy atom. The van der Waals surface area contributed by atoms with Crippen LogP contribution in [-0.4, -0.2) is 36.3 Å². The van der Waals surface area contributed by atoms with Crippen molar-refractivity contribution in [3.05, 3.63) is 23.9 Å². The van der Waals surface area contributed by atoms with Crippen molar-refractivity contribution in [2.45, 2.75) is 22.9 Å². The van der Waals surface area contributed by atoms with E-state index in [4.69, 9.17) is 5.11 Å². The number of carboxylic acid groups (broad SMARTS) is 1. The van der Waals surface area contributed by atoms with Crippen molar-refractivity contribution in [2.24, 2.45) is 0 Å². The van der Waals surface area contributed by atoms with Crippen LogP contribution in [0.1, 0.15) is 5.56 Å². The number of aliphatic carboxylic acids is 1. The van der Waals surface area contributed by atoms with Gasteiger partial charge in [0.15, 0.2) is 0 Å². The molecule has 0 radical (unpaired) electrons. The summed E-state index contributed by atoms with van der Waals surface area (Å²) >= 11 is 0.549. The van der Waals surface area contributed by atoms with Gasteiger partial charge in [0.05, 0.1) is 5.56 Å². The molecular weight excluding hydrogens is 299 g/mol. The first-order valence-electron chi connectivity index (χ1n) is 5.06. The van der Waals surface area contributed by atoms with E-state index >= 15 is 0 Å². The highest BCUT2D eigenvalue weighted by Crippen LogP contribution is 2.37. The maximum Gasteiger partial charge on any atom is 0.419 e. The number of aromatic nitrogens is 5. The summed E-state index contributed by atoms with van der Waals surface area (Å²) in [5.74, 6) is -1.21. The molecule has 0 fully saturated rings. The highest BCUT2D eigenvalue weighted by atomic mass is 32.2. The van der Waals surface area contributed by atoms with Gasteiger partial charge in [0, 0.05) is 6.20 Å². The number of halogens is 3. The van der Waals surface area contributed by atoms with Crippen LogP contribution in [0.3, 0.4) is 0 Å². The van der Waals surface area contributed by atoms with Gasteiger partial charge < -0.3 is 5.11 Å². The van der Waals surface area contributed by atoms with Gasteiger partial charge in [0.2, 0.25) is 5.16 Å². The fourth-order valence-corrected chi connectivity index (χ4v) is 2.14. The first-order chi connectivity index (χ1) is 9.38. The van der Waals surface area contributed by atoms with Gasteiger partial charge in [-0.15, -0.1) is 5.10 Å². The van der Waals surface area contributed by atoms with E-state index in [2.05, 4.69) is 20.5 Å². The molecule has 2 aromatic heterocycles. The predicted molar refractivity (Wildman–Crippen MR) is 58.8 cm³/mol. The molecule has 1 N–H and O–H groups in total. The van der Waals surface area contributed by atoms with Crippen molar-refractivity contribution in [2.75, 3.05) is 0 Å². The minimum atomic E-state index is -4.57. The Balaban J connectivity index is 2.32. The number of pyridine rings is 1. The smallest absolute Gasteiger partial charge is 0.419 e. The van der Waals surface area contributed by atoms with Crippen molar-refractivity contribution in [1.82, 2.24) is 25.2 Å². The molecule has 0 saturated carbocycles. The molecule has 0 aliphatic rings. The zero-order chi connectivity index (χ0) is 14.8. The van der Waals surface area contributed by atoms with Crippen LogP contribution >= 0.6 is 11.8 Å². The van der Waals surface area contributed by atoms with Crippen molar-refractivity contribution in [1.29, 1.82) is 0 Å². The molecule has 0 spiro atoms. The average molecular weight is 305 g/mol. The Bertz CT molecular complexity index is 630. The summed E-state index contributed by atoms with van der Waals surface area (Å²) in [6.07, 6.45) is -3.37. The summed E-state index contributed by atoms with van der Waals surface area (Å²) in [5.41, 5.74) is -0.935. The highest BCUT2D eigenvalue weighted by molar-refractivity contribution is 7.99. The van der Waals surface area contributed by atoms with Crippen molar-refractivity contribution < 1.29 is 23.1 Å². The molecule has 0 unspecified atom stereocenters. The van der Waals surface area contributed by atoms with E-state index in [1.54, 1.807) is 0 Å². The molecule has 2 rings (SSSR count). The standard InChI is InChI=1S/C9H6F3N5O2S/c10-9(11,12)5-2-1-3-13-7(5)20-8-14-15-16-17(8)4-6(18)19/h1-3H,4H2,(H,18,19). The van der Waals surface area contributed by atoms with Crippen molar-refractivity contribution >= 4 is 17.7 Å². The molecule has 0 aliphatic heterocycles. The minimum absolute atomic E-state index is 0.0865. The molecule has 7 nitrogen and oxygen atoms in total. The van der Waals surface area contributed by atoms with Gasteiger partial charge in [-0.1, -0.05) is 0 Å². The van der Waals surface area contributed by atoms with Crippen LogP contribution in [-0.2, 0) is 17.5 Å². The molecular formula is C9H6F3N5O2S. The van der Waals surface area contributed by atoms with Crippen molar-refractivity contribution in [3.8, 4) is 0 Å². The third-order valence-electron chi connectivity index (χ3n) is 2.05. The lowest BCUT2D eigenvalue weighted by Crippen LogP contribution is -2.12. The normalized spacial score (nSPS) is 11.6. The molecule has 106 valence electrons. The quantitative estimate of drug-likeness (QED) is 0.910. The Morgan fingerprint density at radius 1 is 1.45 bits per heavy atom. The van der Waals surface area contributed by atoms with E-state index in [-0.39, 0.29) is 10.2 Å². The number of alkyl halides is 3. The molecule has 0 bridgehead atoms. The average Bonchev–Trinajstić information content (AvgIpc) is 2.75. The zero-order valence-electron chi connectivity index (χ0n) is 9.57. The van der Waals surface area contributed by atoms with Crippen LogP contribution in [0.5, 0.6) is 0 Å². The van der Waals surface area contributed by atoms with E-state index in [9.17, 15) is 18.0 Å². The van der Waals surface area contributed by atoms with E-state index in [1.165, 1.54) is 6.20 Å². The Hall–Kier alpha value is -2.17. The molecule has 0 saturated heterocycles. The second-order valence-electron chi connectivity index (χ2n) is 3.47. The Morgan fingerprint density at radius 3 is 2.85 bits per heavy atom. The molecule has 2 aromatic rings. The van der Waals surface area contributed by atoms with Crippen LogP contribution in [0, 0.1) is 0 Å². The first-order valence-corrected chi connectivity index (χ1v) is 5.87. The summed E-state index contributed by atoms with van der Waals surface area (Å²) in [7, 11) is 0. The Kier molecular flexibility index (Phi) is 3.88. The number of carboxylic acids is 1. The molecule has 0 aliphatic carbocycles. The maximum atomic E-state index is 12.8. The largest absolute Gasteiger partial charge is 0.480 e. The van der Waals surface area contributed by atoms with Gasteiger partial charge >= 0.3 is 12.1 Å². The van der Waals surface area contributed by atoms with Gasteiger partial charge in [0.25, 0.3) is 0 Å². The zero-order valence-corrected chi connectivity index (χ0v) is 10.4. The van der Waals surface area contributed by atoms with E-state index < -0.39 is 24.3 Å². The lowest BCUT2D eigenvalue weighted by molar-refractivity contribution is -0.140. The Labute approximate surface area is 113 Å². The van der Waals surface area contributed by atoms with E-state index in [1.807, 2.05) is 0 Å². The molecule has 20 heavy (non-hydrogen) atoms. The third-order valence-corrected chi connectivity index (χ3v) is 3.04. The number of rotatable bonds is 4. The van der Waals surface area contributed by atoms with Crippen molar-refractivity contribution in [3.63, 3.8) is 0 Å². The van der Waals surface area contributed by atoms with Crippen LogP contribution in [0.4, 0.5) is 13.2 Å². The lowest BCUT2D eigenvalue weighted by Gasteiger charge is -2.10. The van der Waals surface area contributed by atoms with Gasteiger partial charge in [-0.2, -0.15) is 13.2 Å². The maximum absolute atomic E-state index is 12.8. The van der Waals surface area contributed by atoms with Crippen LogP contribution < -0.4 is 0 Å². The minimum Gasteiger partial charge on any atom is -0.480 e. The summed E-state index contributed by atoms with van der Waals surface area (Å²) in [6.45, 7) is -0.552. The van der Waals surface area contributed by atoms with E-state index in [0.717, 1.165) is 16.8 Å². The summed E-state index contributed by atoms with van der Waals surface area (Å²) < 4.78 is 39.2. The third kappa shape index (κ3) is 3.23. The van der Waals surface area contributed by atoms with Crippen LogP contribution in [0.25, 0.3) is 0 Å². The summed E-state index contributed by atoms with van der Waals surface area (Å²) in [6, 6.07) is 2.04. The second-order valence-corrected chi connectivity index (χ2v) is 4.42. The van der Waals surface area contributed by atoms with Crippen LogP contribution in [0.2, 0.25) is 0 Å². The fraction of sp³-hybridized carbons (Fsp3) is 0.222. The number of hydrogen-bond donors (Lipinski definition) is 1. The second kappa shape index (κ2) is 5.45. The number of hydrogen-bond acceptors (Lipinski definition) is 6. The molecule has 11 heteroatoms. The monoisotopic (exact) mass is 305 g/mol. The SMILES string of the molecule is O=C(O)Cn1nnnc1Sc1ncccc1C(F)(F)F. The fourth-order valence-electron chi connectivity index (χ4n) is 1.27. The van der Waals surface area contributed by atoms with E-state index in [0.29, 0.717) is 11.8 Å². The molecule has 2 heterocycles. The molecule has 0 aromatic carbocycles. The lowest BCUT2D eigenvalue weighted by atomic mass is 10.3. The summed E-state index contributed by atoms with van der Waals surface area (Å²) in [4.78, 5) is 14.2. The van der Waals surface area contributed by atoms with Gasteiger partial charge in [-0.25, -0.2) is 9.67 Å². The topological polar surface area (TPSA) is 93.8 Å². The summed E-state index contributed by atoms with van der Waals surface area (Å²) in [5, 5.41) is 18.3. The number of nitrogens with zero attached hydrogens (tertiary/aromatic N) is 5. The first kappa shape index (κ1) is 14.2. The number of carbonyl (C=O) groups is 1.